The molecule has 2 rings (SSSR count). The van der Waals surface area contributed by atoms with Crippen molar-refractivity contribution in [3.63, 3.8) is 0 Å². The third-order valence-electron chi connectivity index (χ3n) is 4.36. The van der Waals surface area contributed by atoms with Crippen molar-refractivity contribution in [3.8, 4) is 0 Å². The Bertz CT molecular complexity index is 806. The normalized spacial score (nSPS) is 16.6. The lowest BCUT2D eigenvalue weighted by atomic mass is 9.98. The Labute approximate surface area is 154 Å². The third-order valence-corrected chi connectivity index (χ3v) is 4.36. The van der Waals surface area contributed by atoms with Crippen LogP contribution in [0.4, 0.5) is 5.69 Å². The number of amides is 3. The minimum absolute atomic E-state index is 0.0720. The van der Waals surface area contributed by atoms with E-state index < -0.39 is 34.4 Å². The van der Waals surface area contributed by atoms with Crippen LogP contribution < -0.4 is 5.32 Å². The second-order valence-corrected chi connectivity index (χ2v) is 6.08. The topological polar surface area (TPSA) is 136 Å². The number of carbonyl (C=O) groups excluding carboxylic acids is 4. The summed E-state index contributed by atoms with van der Waals surface area (Å²) in [5, 5.41) is 13.5. The number of nitrogens with one attached hydrogen (secondary N) is 1. The lowest BCUT2D eigenvalue weighted by molar-refractivity contribution is -0.385. The van der Waals surface area contributed by atoms with Gasteiger partial charge in [0.05, 0.1) is 17.1 Å². The minimum atomic E-state index is -0.906. The van der Waals surface area contributed by atoms with Gasteiger partial charge in [0.2, 0.25) is 11.8 Å². The molecule has 144 valence electrons. The maximum atomic E-state index is 12.9. The first-order valence-electron chi connectivity index (χ1n) is 8.16. The van der Waals surface area contributed by atoms with E-state index in [0.29, 0.717) is 12.0 Å². The molecule has 1 fully saturated rings. The van der Waals surface area contributed by atoms with Crippen molar-refractivity contribution >= 4 is 29.7 Å². The zero-order valence-corrected chi connectivity index (χ0v) is 14.9. The van der Waals surface area contributed by atoms with Crippen molar-refractivity contribution in [1.82, 2.24) is 10.2 Å². The van der Waals surface area contributed by atoms with Crippen LogP contribution in [0.2, 0.25) is 0 Å². The number of piperidine rings is 1. The number of carbonyl (C=O) groups is 4. The predicted octanol–water partition coefficient (Wildman–Crippen LogP) is 0.473. The second-order valence-electron chi connectivity index (χ2n) is 6.08. The first kappa shape index (κ1) is 20.2. The number of likely N-dealkylation sites (N-methyl/N-ethyl adjacent to an activating group) is 1. The number of imide groups is 1. The van der Waals surface area contributed by atoms with Crippen LogP contribution in [0.25, 0.3) is 0 Å². The molecule has 27 heavy (non-hydrogen) atoms. The maximum absolute atomic E-state index is 12.9. The first-order valence-corrected chi connectivity index (χ1v) is 8.16. The molecule has 10 heteroatoms. The van der Waals surface area contributed by atoms with E-state index in [4.69, 9.17) is 4.74 Å². The molecule has 0 saturated carbocycles. The Hall–Kier alpha value is -3.14. The van der Waals surface area contributed by atoms with Crippen molar-refractivity contribution < 1.29 is 28.8 Å². The fraction of sp³-hybridized carbons (Fsp3) is 0.412. The van der Waals surface area contributed by atoms with Crippen molar-refractivity contribution in [1.29, 1.82) is 0 Å². The van der Waals surface area contributed by atoms with Crippen LogP contribution >= 0.6 is 0 Å². The molecule has 1 saturated heterocycles. The Morgan fingerprint density at radius 3 is 2.70 bits per heavy atom. The quantitative estimate of drug-likeness (QED) is 0.316. The minimum Gasteiger partial charge on any atom is -0.384 e. The Balaban J connectivity index is 2.44. The van der Waals surface area contributed by atoms with Gasteiger partial charge in [0.1, 0.15) is 11.6 Å². The smallest absolute Gasteiger partial charge is 0.280 e. The molecule has 1 atom stereocenters. The van der Waals surface area contributed by atoms with Crippen LogP contribution in [-0.2, 0) is 20.7 Å². The summed E-state index contributed by atoms with van der Waals surface area (Å²) < 4.78 is 4.95. The average Bonchev–Trinajstić information content (AvgIpc) is 2.64. The largest absolute Gasteiger partial charge is 0.384 e. The fourth-order valence-electron chi connectivity index (χ4n) is 2.90. The first-order chi connectivity index (χ1) is 12.8. The molecule has 1 aliphatic heterocycles. The number of nitro groups is 1. The molecule has 10 nitrogen and oxygen atoms in total. The summed E-state index contributed by atoms with van der Waals surface area (Å²) in [6.07, 6.45) is 0.764. The molecule has 1 aromatic rings. The van der Waals surface area contributed by atoms with E-state index in [9.17, 15) is 29.3 Å². The Morgan fingerprint density at radius 2 is 2.15 bits per heavy atom. The molecular formula is C17H19N3O7. The predicted molar refractivity (Wildman–Crippen MR) is 92.3 cm³/mol. The molecule has 0 spiro atoms. The zero-order chi connectivity index (χ0) is 20.1. The summed E-state index contributed by atoms with van der Waals surface area (Å²) in [7, 11) is 2.82. The van der Waals surface area contributed by atoms with E-state index in [0.717, 1.165) is 4.90 Å². The number of hydrogen-bond acceptors (Lipinski definition) is 7. The van der Waals surface area contributed by atoms with Crippen LogP contribution in [-0.4, -0.2) is 60.6 Å². The molecule has 1 aromatic carbocycles. The number of benzene rings is 1. The van der Waals surface area contributed by atoms with Crippen LogP contribution in [0.3, 0.4) is 0 Å². The summed E-state index contributed by atoms with van der Waals surface area (Å²) >= 11 is 0. The highest BCUT2D eigenvalue weighted by atomic mass is 16.6. The van der Waals surface area contributed by atoms with Gasteiger partial charge in [0, 0.05) is 26.6 Å². The van der Waals surface area contributed by atoms with Crippen molar-refractivity contribution in [2.45, 2.75) is 25.3 Å². The number of hydrogen-bond donors (Lipinski definition) is 1. The van der Waals surface area contributed by atoms with Gasteiger partial charge >= 0.3 is 0 Å². The summed E-state index contributed by atoms with van der Waals surface area (Å²) in [6.45, 7) is 0.272. The SMILES string of the molecule is COCCc1cc(C(=O)N(C)C2CCC(=O)NC2=O)c(C=O)c([N+](=O)[O-])c1. The number of methoxy groups -OCH3 is 1. The highest BCUT2D eigenvalue weighted by Gasteiger charge is 2.34. The van der Waals surface area contributed by atoms with Crippen LogP contribution in [0.1, 0.15) is 39.1 Å². The molecule has 3 amide bonds. The molecule has 1 unspecified atom stereocenters. The van der Waals surface area contributed by atoms with Gasteiger partial charge in [-0.1, -0.05) is 0 Å². The van der Waals surface area contributed by atoms with E-state index in [1.54, 1.807) is 0 Å². The fourth-order valence-corrected chi connectivity index (χ4v) is 2.90. The standard InChI is InChI=1S/C17H19N3O7/c1-19(13-3-4-15(22)18-16(13)23)17(24)11-7-10(5-6-27-2)8-14(20(25)26)12(11)9-21/h7-9,13H,3-6H2,1-2H3,(H,18,22,23). The Morgan fingerprint density at radius 1 is 1.44 bits per heavy atom. The van der Waals surface area contributed by atoms with E-state index in [1.165, 1.54) is 26.3 Å². The maximum Gasteiger partial charge on any atom is 0.280 e. The Kier molecular flexibility index (Phi) is 6.35. The number of nitrogens with zero attached hydrogens (tertiary/aromatic N) is 2. The van der Waals surface area contributed by atoms with Crippen molar-refractivity contribution in [2.24, 2.45) is 0 Å². The molecule has 0 aromatic heterocycles. The van der Waals surface area contributed by atoms with Gasteiger partial charge < -0.3 is 9.64 Å². The van der Waals surface area contributed by atoms with Gasteiger partial charge in [-0.2, -0.15) is 0 Å². The molecular weight excluding hydrogens is 358 g/mol. The molecule has 1 heterocycles. The van der Waals surface area contributed by atoms with E-state index >= 15 is 0 Å². The molecule has 0 aliphatic carbocycles. The third kappa shape index (κ3) is 4.34. The van der Waals surface area contributed by atoms with Gasteiger partial charge in [-0.25, -0.2) is 0 Å². The summed E-state index contributed by atoms with van der Waals surface area (Å²) in [6, 6.07) is 1.71. The van der Waals surface area contributed by atoms with Gasteiger partial charge in [-0.3, -0.25) is 34.6 Å². The molecule has 0 radical (unpaired) electrons. The van der Waals surface area contributed by atoms with Crippen LogP contribution in [0.15, 0.2) is 12.1 Å². The highest BCUT2D eigenvalue weighted by molar-refractivity contribution is 6.07. The summed E-state index contributed by atoms with van der Waals surface area (Å²) in [5.41, 5.74) is -0.560. The number of rotatable bonds is 7. The summed E-state index contributed by atoms with van der Waals surface area (Å²) in [4.78, 5) is 59.3. The lowest BCUT2D eigenvalue weighted by Gasteiger charge is -2.30. The second kappa shape index (κ2) is 8.49. The van der Waals surface area contributed by atoms with Crippen molar-refractivity contribution in [3.05, 3.63) is 38.9 Å². The van der Waals surface area contributed by atoms with Crippen molar-refractivity contribution in [2.75, 3.05) is 20.8 Å². The van der Waals surface area contributed by atoms with E-state index in [-0.39, 0.29) is 36.9 Å². The van der Waals surface area contributed by atoms with Gasteiger partial charge in [0.15, 0.2) is 6.29 Å². The van der Waals surface area contributed by atoms with Gasteiger partial charge in [-0.05, 0) is 24.5 Å². The number of ether oxygens (including phenoxy) is 1. The highest BCUT2D eigenvalue weighted by Crippen LogP contribution is 2.26. The van der Waals surface area contributed by atoms with Gasteiger partial charge in [-0.15, -0.1) is 0 Å². The molecule has 0 bridgehead atoms. The number of aldehydes is 1. The monoisotopic (exact) mass is 377 g/mol. The zero-order valence-electron chi connectivity index (χ0n) is 14.9. The number of nitro benzene ring substituents is 1. The van der Waals surface area contributed by atoms with Crippen LogP contribution in [0.5, 0.6) is 0 Å². The van der Waals surface area contributed by atoms with E-state index in [1.807, 2.05) is 0 Å². The average molecular weight is 377 g/mol. The van der Waals surface area contributed by atoms with E-state index in [2.05, 4.69) is 5.32 Å². The molecule has 1 N–H and O–H groups in total. The lowest BCUT2D eigenvalue weighted by Crippen LogP contribution is -2.53. The molecule has 1 aliphatic rings. The van der Waals surface area contributed by atoms with Gasteiger partial charge in [0.25, 0.3) is 11.6 Å². The summed E-state index contributed by atoms with van der Waals surface area (Å²) in [5.74, 6) is -1.77. The van der Waals surface area contributed by atoms with Crippen LogP contribution in [0, 0.1) is 10.1 Å².